The third-order valence-corrected chi connectivity index (χ3v) is 2.46. The van der Waals surface area contributed by atoms with Crippen molar-refractivity contribution in [2.75, 3.05) is 34.2 Å². The standard InChI is InChI=1S/C13H19N3O2/c1-14-8-9-15-12(17)10-4-6-11(7-5-10)13(18)16(2)3/h4-7,14H,8-9H2,1-3H3,(H,15,17). The third kappa shape index (κ3) is 3.85. The van der Waals surface area contributed by atoms with E-state index in [0.29, 0.717) is 17.7 Å². The maximum Gasteiger partial charge on any atom is 0.253 e. The summed E-state index contributed by atoms with van der Waals surface area (Å²) in [4.78, 5) is 24.9. The largest absolute Gasteiger partial charge is 0.351 e. The van der Waals surface area contributed by atoms with Crippen LogP contribution in [0.15, 0.2) is 24.3 Å². The van der Waals surface area contributed by atoms with E-state index in [9.17, 15) is 9.59 Å². The van der Waals surface area contributed by atoms with Crippen LogP contribution in [0, 0.1) is 0 Å². The van der Waals surface area contributed by atoms with Crippen molar-refractivity contribution in [3.05, 3.63) is 35.4 Å². The molecule has 0 radical (unpaired) electrons. The summed E-state index contributed by atoms with van der Waals surface area (Å²) in [6.45, 7) is 1.30. The van der Waals surface area contributed by atoms with E-state index in [1.807, 2.05) is 7.05 Å². The number of benzene rings is 1. The highest BCUT2D eigenvalue weighted by Crippen LogP contribution is 2.06. The minimum Gasteiger partial charge on any atom is -0.351 e. The maximum absolute atomic E-state index is 11.7. The molecule has 2 amide bonds. The van der Waals surface area contributed by atoms with Gasteiger partial charge in [0.1, 0.15) is 0 Å². The lowest BCUT2D eigenvalue weighted by Gasteiger charge is -2.10. The molecule has 0 aliphatic rings. The summed E-state index contributed by atoms with van der Waals surface area (Å²) in [5, 5.41) is 5.72. The molecular formula is C13H19N3O2. The molecule has 0 aliphatic heterocycles. The molecule has 0 spiro atoms. The first-order valence-corrected chi connectivity index (χ1v) is 5.80. The van der Waals surface area contributed by atoms with Crippen LogP contribution in [0.1, 0.15) is 20.7 Å². The Labute approximate surface area is 107 Å². The van der Waals surface area contributed by atoms with E-state index in [0.717, 1.165) is 6.54 Å². The molecule has 0 unspecified atom stereocenters. The van der Waals surface area contributed by atoms with Gasteiger partial charge in [0.15, 0.2) is 0 Å². The fourth-order valence-corrected chi connectivity index (χ4v) is 1.43. The molecule has 1 rings (SSSR count). The summed E-state index contributed by atoms with van der Waals surface area (Å²) in [7, 11) is 5.22. The van der Waals surface area contributed by atoms with E-state index in [2.05, 4.69) is 10.6 Å². The molecule has 0 aromatic heterocycles. The Morgan fingerprint density at radius 1 is 1.06 bits per heavy atom. The Bertz CT molecular complexity index is 413. The molecule has 18 heavy (non-hydrogen) atoms. The average molecular weight is 249 g/mol. The van der Waals surface area contributed by atoms with Gasteiger partial charge in [0, 0.05) is 38.3 Å². The van der Waals surface area contributed by atoms with Crippen LogP contribution in [0.25, 0.3) is 0 Å². The lowest BCUT2D eigenvalue weighted by Crippen LogP contribution is -2.30. The molecule has 0 saturated carbocycles. The number of amides is 2. The zero-order chi connectivity index (χ0) is 13.5. The van der Waals surface area contributed by atoms with Gasteiger partial charge in [-0.3, -0.25) is 9.59 Å². The van der Waals surface area contributed by atoms with Gasteiger partial charge in [-0.1, -0.05) is 0 Å². The van der Waals surface area contributed by atoms with Crippen LogP contribution in [0.5, 0.6) is 0 Å². The fourth-order valence-electron chi connectivity index (χ4n) is 1.43. The predicted molar refractivity (Wildman–Crippen MR) is 70.7 cm³/mol. The molecule has 98 valence electrons. The summed E-state index contributed by atoms with van der Waals surface area (Å²) < 4.78 is 0. The summed E-state index contributed by atoms with van der Waals surface area (Å²) >= 11 is 0. The Hall–Kier alpha value is -1.88. The van der Waals surface area contributed by atoms with Crippen molar-refractivity contribution in [2.45, 2.75) is 0 Å². The minimum atomic E-state index is -0.130. The first-order valence-electron chi connectivity index (χ1n) is 5.80. The highest BCUT2D eigenvalue weighted by molar-refractivity contribution is 5.97. The molecule has 2 N–H and O–H groups in total. The second-order valence-electron chi connectivity index (χ2n) is 4.14. The van der Waals surface area contributed by atoms with Gasteiger partial charge in [-0.15, -0.1) is 0 Å². The molecule has 5 heteroatoms. The number of carbonyl (C=O) groups is 2. The smallest absolute Gasteiger partial charge is 0.253 e. The molecule has 0 fully saturated rings. The van der Waals surface area contributed by atoms with Gasteiger partial charge in [-0.25, -0.2) is 0 Å². The molecular weight excluding hydrogens is 230 g/mol. The highest BCUT2D eigenvalue weighted by Gasteiger charge is 2.09. The first-order chi connectivity index (χ1) is 8.56. The van der Waals surface area contributed by atoms with Crippen LogP contribution in [-0.4, -0.2) is 50.9 Å². The fraction of sp³-hybridized carbons (Fsp3) is 0.385. The molecule has 0 saturated heterocycles. The third-order valence-electron chi connectivity index (χ3n) is 2.46. The Kier molecular flexibility index (Phi) is 5.32. The van der Waals surface area contributed by atoms with E-state index < -0.39 is 0 Å². The zero-order valence-electron chi connectivity index (χ0n) is 11.0. The maximum atomic E-state index is 11.7. The SMILES string of the molecule is CNCCNC(=O)c1ccc(C(=O)N(C)C)cc1. The van der Waals surface area contributed by atoms with Crippen LogP contribution in [0.3, 0.4) is 0 Å². The molecule has 1 aromatic carbocycles. The summed E-state index contributed by atoms with van der Waals surface area (Å²) in [5.74, 6) is -0.203. The van der Waals surface area contributed by atoms with Gasteiger partial charge >= 0.3 is 0 Å². The second-order valence-corrected chi connectivity index (χ2v) is 4.14. The number of hydrogen-bond acceptors (Lipinski definition) is 3. The predicted octanol–water partition coefficient (Wildman–Crippen LogP) is 0.338. The van der Waals surface area contributed by atoms with Gasteiger partial charge in [0.2, 0.25) is 0 Å². The molecule has 1 aromatic rings. The molecule has 5 nitrogen and oxygen atoms in total. The van der Waals surface area contributed by atoms with Crippen molar-refractivity contribution in [1.29, 1.82) is 0 Å². The van der Waals surface area contributed by atoms with Crippen LogP contribution in [-0.2, 0) is 0 Å². The van der Waals surface area contributed by atoms with Crippen molar-refractivity contribution in [3.63, 3.8) is 0 Å². The van der Waals surface area contributed by atoms with Gasteiger partial charge in [-0.05, 0) is 31.3 Å². The molecule has 0 heterocycles. The normalized spacial score (nSPS) is 9.94. The number of likely N-dealkylation sites (N-methyl/N-ethyl adjacent to an activating group) is 1. The van der Waals surface area contributed by atoms with Crippen molar-refractivity contribution in [2.24, 2.45) is 0 Å². The van der Waals surface area contributed by atoms with Crippen molar-refractivity contribution in [1.82, 2.24) is 15.5 Å². The molecule has 0 aliphatic carbocycles. The van der Waals surface area contributed by atoms with E-state index in [1.165, 1.54) is 4.90 Å². The van der Waals surface area contributed by atoms with Gasteiger partial charge in [0.05, 0.1) is 0 Å². The highest BCUT2D eigenvalue weighted by atomic mass is 16.2. The number of nitrogens with one attached hydrogen (secondary N) is 2. The molecule has 0 atom stereocenters. The first kappa shape index (κ1) is 14.2. The lowest BCUT2D eigenvalue weighted by molar-refractivity contribution is 0.0826. The van der Waals surface area contributed by atoms with Crippen molar-refractivity contribution < 1.29 is 9.59 Å². The number of rotatable bonds is 5. The number of hydrogen-bond donors (Lipinski definition) is 2. The zero-order valence-corrected chi connectivity index (χ0v) is 11.0. The minimum absolute atomic E-state index is 0.0721. The lowest BCUT2D eigenvalue weighted by atomic mass is 10.1. The monoisotopic (exact) mass is 249 g/mol. The quantitative estimate of drug-likeness (QED) is 0.740. The second kappa shape index (κ2) is 6.76. The molecule has 0 bridgehead atoms. The van der Waals surface area contributed by atoms with E-state index in [4.69, 9.17) is 0 Å². The van der Waals surface area contributed by atoms with Crippen LogP contribution < -0.4 is 10.6 Å². The number of carbonyl (C=O) groups excluding carboxylic acids is 2. The van der Waals surface area contributed by atoms with Crippen molar-refractivity contribution >= 4 is 11.8 Å². The van der Waals surface area contributed by atoms with Crippen LogP contribution >= 0.6 is 0 Å². The Morgan fingerprint density at radius 3 is 2.11 bits per heavy atom. The van der Waals surface area contributed by atoms with Gasteiger partial charge in [-0.2, -0.15) is 0 Å². The summed E-state index contributed by atoms with van der Waals surface area (Å²) in [6, 6.07) is 6.64. The summed E-state index contributed by atoms with van der Waals surface area (Å²) in [6.07, 6.45) is 0. The van der Waals surface area contributed by atoms with E-state index >= 15 is 0 Å². The van der Waals surface area contributed by atoms with E-state index in [1.54, 1.807) is 38.4 Å². The Balaban J connectivity index is 2.65. The summed E-state index contributed by atoms with van der Waals surface area (Å²) in [5.41, 5.74) is 1.13. The number of nitrogens with zero attached hydrogens (tertiary/aromatic N) is 1. The van der Waals surface area contributed by atoms with Gasteiger partial charge in [0.25, 0.3) is 11.8 Å². The van der Waals surface area contributed by atoms with Gasteiger partial charge < -0.3 is 15.5 Å². The topological polar surface area (TPSA) is 61.4 Å². The van der Waals surface area contributed by atoms with E-state index in [-0.39, 0.29) is 11.8 Å². The Morgan fingerprint density at radius 2 is 1.61 bits per heavy atom. The van der Waals surface area contributed by atoms with Crippen molar-refractivity contribution in [3.8, 4) is 0 Å². The van der Waals surface area contributed by atoms with Crippen LogP contribution in [0.2, 0.25) is 0 Å². The van der Waals surface area contributed by atoms with Crippen LogP contribution in [0.4, 0.5) is 0 Å². The average Bonchev–Trinajstić information content (AvgIpc) is 2.38.